The molecule has 1 fully saturated rings. The normalized spacial score (nSPS) is 14.0. The molecule has 0 unspecified atom stereocenters. The van der Waals surface area contributed by atoms with E-state index >= 15 is 0 Å². The van der Waals surface area contributed by atoms with Crippen molar-refractivity contribution in [1.82, 2.24) is 0 Å². The highest BCUT2D eigenvalue weighted by atomic mass is 16.4. The van der Waals surface area contributed by atoms with Gasteiger partial charge in [-0.15, -0.1) is 0 Å². The van der Waals surface area contributed by atoms with Gasteiger partial charge in [-0.2, -0.15) is 5.26 Å². The minimum Gasteiger partial charge on any atom is -0.478 e. The van der Waals surface area contributed by atoms with Crippen molar-refractivity contribution in [2.24, 2.45) is 0 Å². The largest absolute Gasteiger partial charge is 0.478 e. The van der Waals surface area contributed by atoms with Gasteiger partial charge >= 0.3 is 5.97 Å². The van der Waals surface area contributed by atoms with Crippen molar-refractivity contribution in [3.63, 3.8) is 0 Å². The number of carbonyl (C=O) groups is 1. The lowest BCUT2D eigenvalue weighted by Gasteiger charge is -2.25. The lowest BCUT2D eigenvalue weighted by atomic mass is 10.1. The summed E-state index contributed by atoms with van der Waals surface area (Å²) in [6.45, 7) is 2.48. The first-order chi connectivity index (χ1) is 8.63. The third kappa shape index (κ3) is 2.62. The van der Waals surface area contributed by atoms with E-state index in [0.29, 0.717) is 24.6 Å². The number of benzene rings is 1. The van der Waals surface area contributed by atoms with Gasteiger partial charge in [-0.3, -0.25) is 0 Å². The molecule has 0 aliphatic heterocycles. The average Bonchev–Trinajstić information content (AvgIpc) is 3.15. The second kappa shape index (κ2) is 5.09. The molecule has 18 heavy (non-hydrogen) atoms. The lowest BCUT2D eigenvalue weighted by Crippen LogP contribution is -2.28. The van der Waals surface area contributed by atoms with Crippen LogP contribution in [0.1, 0.15) is 35.2 Å². The summed E-state index contributed by atoms with van der Waals surface area (Å²) in [4.78, 5) is 13.4. The maximum absolute atomic E-state index is 11.3. The zero-order chi connectivity index (χ0) is 13.1. The molecule has 0 amide bonds. The summed E-state index contributed by atoms with van der Waals surface area (Å²) in [5.74, 6) is -0.906. The summed E-state index contributed by atoms with van der Waals surface area (Å²) in [6.07, 6.45) is 2.58. The zero-order valence-electron chi connectivity index (χ0n) is 10.4. The molecule has 0 spiro atoms. The van der Waals surface area contributed by atoms with E-state index in [2.05, 4.69) is 11.0 Å². The quantitative estimate of drug-likeness (QED) is 0.864. The van der Waals surface area contributed by atoms with Crippen LogP contribution in [0, 0.1) is 18.3 Å². The van der Waals surface area contributed by atoms with Gasteiger partial charge in [0.2, 0.25) is 0 Å². The second-order valence-electron chi connectivity index (χ2n) is 4.66. The van der Waals surface area contributed by atoms with Crippen molar-refractivity contribution in [1.29, 1.82) is 5.26 Å². The third-order valence-electron chi connectivity index (χ3n) is 3.14. The van der Waals surface area contributed by atoms with Crippen LogP contribution < -0.4 is 4.90 Å². The van der Waals surface area contributed by atoms with Crippen LogP contribution in [0.3, 0.4) is 0 Å². The van der Waals surface area contributed by atoms with Crippen LogP contribution in [0.25, 0.3) is 0 Å². The first-order valence-corrected chi connectivity index (χ1v) is 6.11. The maximum Gasteiger partial charge on any atom is 0.337 e. The molecule has 0 aromatic heterocycles. The van der Waals surface area contributed by atoms with E-state index in [0.717, 1.165) is 24.1 Å². The Morgan fingerprint density at radius 1 is 1.56 bits per heavy atom. The van der Waals surface area contributed by atoms with Crippen molar-refractivity contribution in [2.75, 3.05) is 11.4 Å². The Kier molecular flexibility index (Phi) is 3.52. The number of aromatic carboxylic acids is 1. The molecule has 1 aromatic carbocycles. The second-order valence-corrected chi connectivity index (χ2v) is 4.66. The van der Waals surface area contributed by atoms with Gasteiger partial charge in [0.1, 0.15) is 0 Å². The predicted molar refractivity (Wildman–Crippen MR) is 68.7 cm³/mol. The lowest BCUT2D eigenvalue weighted by molar-refractivity contribution is 0.0697. The summed E-state index contributed by atoms with van der Waals surface area (Å²) < 4.78 is 0. The Labute approximate surface area is 106 Å². The number of carboxylic acids is 1. The molecule has 94 valence electrons. The van der Waals surface area contributed by atoms with Crippen LogP contribution in [0.4, 0.5) is 5.69 Å². The van der Waals surface area contributed by atoms with Gasteiger partial charge in [0.05, 0.1) is 23.7 Å². The molecule has 1 aromatic rings. The van der Waals surface area contributed by atoms with Gasteiger partial charge in [0, 0.05) is 12.6 Å². The van der Waals surface area contributed by atoms with E-state index in [9.17, 15) is 9.90 Å². The summed E-state index contributed by atoms with van der Waals surface area (Å²) in [5, 5.41) is 18.0. The number of rotatable bonds is 5. The monoisotopic (exact) mass is 244 g/mol. The molecule has 0 saturated heterocycles. The first kappa shape index (κ1) is 12.4. The standard InChI is InChI=1S/C14H16N2O2/c1-10-3-6-13(12(9-10)14(17)18)16(8-2-7-15)11-4-5-11/h3,6,9,11H,2,4-5,8H2,1H3,(H,17,18). The minimum absolute atomic E-state index is 0.333. The van der Waals surface area contributed by atoms with E-state index < -0.39 is 5.97 Å². The zero-order valence-corrected chi connectivity index (χ0v) is 10.4. The van der Waals surface area contributed by atoms with Gasteiger partial charge in [0.25, 0.3) is 0 Å². The Balaban J connectivity index is 2.34. The number of nitrogens with zero attached hydrogens (tertiary/aromatic N) is 2. The fraction of sp³-hybridized carbons (Fsp3) is 0.429. The fourth-order valence-electron chi connectivity index (χ4n) is 2.13. The van der Waals surface area contributed by atoms with Crippen molar-refractivity contribution in [3.8, 4) is 6.07 Å². The smallest absolute Gasteiger partial charge is 0.337 e. The number of anilines is 1. The van der Waals surface area contributed by atoms with Gasteiger partial charge in [-0.25, -0.2) is 4.79 Å². The van der Waals surface area contributed by atoms with Crippen LogP contribution in [0.2, 0.25) is 0 Å². The van der Waals surface area contributed by atoms with Gasteiger partial charge in [-0.1, -0.05) is 11.6 Å². The number of nitriles is 1. The molecule has 1 saturated carbocycles. The highest BCUT2D eigenvalue weighted by Gasteiger charge is 2.31. The number of hydrogen-bond acceptors (Lipinski definition) is 3. The Morgan fingerprint density at radius 2 is 2.28 bits per heavy atom. The summed E-state index contributed by atoms with van der Waals surface area (Å²) in [7, 11) is 0. The van der Waals surface area contributed by atoms with E-state index in [-0.39, 0.29) is 0 Å². The minimum atomic E-state index is -0.906. The molecular weight excluding hydrogens is 228 g/mol. The van der Waals surface area contributed by atoms with Gasteiger partial charge in [0.15, 0.2) is 0 Å². The number of aryl methyl sites for hydroxylation is 1. The van der Waals surface area contributed by atoms with Crippen LogP contribution in [0.5, 0.6) is 0 Å². The fourth-order valence-corrected chi connectivity index (χ4v) is 2.13. The topological polar surface area (TPSA) is 64.3 Å². The Hall–Kier alpha value is -2.02. The summed E-state index contributed by atoms with van der Waals surface area (Å²) in [6, 6.07) is 7.99. The van der Waals surface area contributed by atoms with E-state index in [1.807, 2.05) is 19.1 Å². The highest BCUT2D eigenvalue weighted by Crippen LogP contribution is 2.34. The van der Waals surface area contributed by atoms with Crippen LogP contribution in [-0.2, 0) is 0 Å². The molecule has 2 rings (SSSR count). The predicted octanol–water partition coefficient (Wildman–Crippen LogP) is 2.58. The maximum atomic E-state index is 11.3. The molecule has 1 aliphatic carbocycles. The Bertz CT molecular complexity index is 501. The van der Waals surface area contributed by atoms with Crippen LogP contribution >= 0.6 is 0 Å². The van der Waals surface area contributed by atoms with Crippen LogP contribution in [-0.4, -0.2) is 23.7 Å². The van der Waals surface area contributed by atoms with Crippen molar-refractivity contribution in [3.05, 3.63) is 29.3 Å². The molecule has 1 aliphatic rings. The average molecular weight is 244 g/mol. The summed E-state index contributed by atoms with van der Waals surface area (Å²) in [5.41, 5.74) is 2.01. The van der Waals surface area contributed by atoms with E-state index in [1.54, 1.807) is 6.07 Å². The number of hydrogen-bond donors (Lipinski definition) is 1. The first-order valence-electron chi connectivity index (χ1n) is 6.11. The molecule has 0 radical (unpaired) electrons. The molecule has 4 heteroatoms. The third-order valence-corrected chi connectivity index (χ3v) is 3.14. The van der Waals surface area contributed by atoms with Crippen molar-refractivity contribution < 1.29 is 9.90 Å². The molecule has 4 nitrogen and oxygen atoms in total. The molecular formula is C14H16N2O2. The molecule has 0 heterocycles. The van der Waals surface area contributed by atoms with Crippen molar-refractivity contribution >= 4 is 11.7 Å². The van der Waals surface area contributed by atoms with E-state index in [1.165, 1.54) is 0 Å². The van der Waals surface area contributed by atoms with Crippen molar-refractivity contribution in [2.45, 2.75) is 32.2 Å². The number of carboxylic acid groups (broad SMARTS) is 1. The molecule has 0 atom stereocenters. The van der Waals surface area contributed by atoms with E-state index in [4.69, 9.17) is 5.26 Å². The van der Waals surface area contributed by atoms with Gasteiger partial charge in [-0.05, 0) is 31.9 Å². The Morgan fingerprint density at radius 3 is 2.83 bits per heavy atom. The SMILES string of the molecule is Cc1ccc(N(CCC#N)C2CC2)c(C(=O)O)c1. The van der Waals surface area contributed by atoms with Gasteiger partial charge < -0.3 is 10.0 Å². The molecule has 0 bridgehead atoms. The van der Waals surface area contributed by atoms with Crippen LogP contribution in [0.15, 0.2) is 18.2 Å². The highest BCUT2D eigenvalue weighted by molar-refractivity contribution is 5.94. The molecule has 1 N–H and O–H groups in total. The summed E-state index contributed by atoms with van der Waals surface area (Å²) >= 11 is 0.